The Kier molecular flexibility index (Phi) is 8.91. The van der Waals surface area contributed by atoms with E-state index in [0.29, 0.717) is 18.0 Å². The highest BCUT2D eigenvalue weighted by Gasteiger charge is 2.29. The number of aryl methyl sites for hydroxylation is 2. The summed E-state index contributed by atoms with van der Waals surface area (Å²) in [5, 5.41) is 3.63. The van der Waals surface area contributed by atoms with Gasteiger partial charge in [-0.2, -0.15) is 0 Å². The molecule has 0 aliphatic rings. The predicted octanol–water partition coefficient (Wildman–Crippen LogP) is 5.22. The first kappa shape index (κ1) is 23.9. The Labute approximate surface area is 185 Å². The van der Waals surface area contributed by atoms with Crippen molar-refractivity contribution >= 4 is 23.4 Å². The summed E-state index contributed by atoms with van der Waals surface area (Å²) in [7, 11) is 0. The van der Waals surface area contributed by atoms with Gasteiger partial charge in [0.15, 0.2) is 0 Å². The first-order valence-corrected chi connectivity index (χ1v) is 11.0. The van der Waals surface area contributed by atoms with Crippen LogP contribution in [0.5, 0.6) is 0 Å². The van der Waals surface area contributed by atoms with Crippen molar-refractivity contribution < 1.29 is 9.59 Å². The summed E-state index contributed by atoms with van der Waals surface area (Å²) in [6, 6.07) is 13.1. The van der Waals surface area contributed by atoms with Gasteiger partial charge in [0.2, 0.25) is 11.8 Å². The van der Waals surface area contributed by atoms with Crippen molar-refractivity contribution in [1.82, 2.24) is 10.2 Å². The van der Waals surface area contributed by atoms with E-state index >= 15 is 0 Å². The van der Waals surface area contributed by atoms with Crippen LogP contribution in [0.25, 0.3) is 0 Å². The van der Waals surface area contributed by atoms with Gasteiger partial charge in [-0.3, -0.25) is 9.59 Å². The quantitative estimate of drug-likeness (QED) is 0.595. The molecule has 0 heterocycles. The molecule has 2 aromatic carbocycles. The lowest BCUT2D eigenvalue weighted by atomic mass is 10.0. The predicted molar refractivity (Wildman–Crippen MR) is 124 cm³/mol. The zero-order valence-electron chi connectivity index (χ0n) is 18.7. The fourth-order valence-electron chi connectivity index (χ4n) is 3.43. The van der Waals surface area contributed by atoms with Crippen molar-refractivity contribution in [2.75, 3.05) is 0 Å². The monoisotopic (exact) mass is 428 g/mol. The first-order valence-electron chi connectivity index (χ1n) is 10.7. The number of hydrogen-bond acceptors (Lipinski definition) is 2. The van der Waals surface area contributed by atoms with E-state index in [-0.39, 0.29) is 24.3 Å². The number of hydrogen-bond donors (Lipinski definition) is 1. The standard InChI is InChI=1S/C25H33ClN2O2/c1-6-19(5)27-25(30)23(7-2)28(16-20-10-8-9-11-22(20)26)24(29)15-21-14-17(3)12-13-18(21)4/h8-14,19,23H,6-7,15-16H2,1-5H3,(H,27,30)/t19-,23-/m1/s1. The summed E-state index contributed by atoms with van der Waals surface area (Å²) in [5.74, 6) is -0.192. The van der Waals surface area contributed by atoms with E-state index in [0.717, 1.165) is 28.7 Å². The average molecular weight is 429 g/mol. The van der Waals surface area contributed by atoms with Gasteiger partial charge in [0.05, 0.1) is 6.42 Å². The van der Waals surface area contributed by atoms with Crippen LogP contribution in [0.2, 0.25) is 5.02 Å². The Morgan fingerprint density at radius 3 is 2.37 bits per heavy atom. The molecule has 30 heavy (non-hydrogen) atoms. The molecular formula is C25H33ClN2O2. The first-order chi connectivity index (χ1) is 14.3. The molecule has 5 heteroatoms. The van der Waals surface area contributed by atoms with E-state index in [2.05, 4.69) is 5.32 Å². The van der Waals surface area contributed by atoms with Gasteiger partial charge in [-0.05, 0) is 56.4 Å². The highest BCUT2D eigenvalue weighted by atomic mass is 35.5. The topological polar surface area (TPSA) is 49.4 Å². The van der Waals surface area contributed by atoms with Crippen molar-refractivity contribution in [1.29, 1.82) is 0 Å². The molecule has 0 saturated carbocycles. The van der Waals surface area contributed by atoms with Crippen molar-refractivity contribution in [2.24, 2.45) is 0 Å². The van der Waals surface area contributed by atoms with Crippen molar-refractivity contribution in [3.8, 4) is 0 Å². The molecule has 0 radical (unpaired) electrons. The summed E-state index contributed by atoms with van der Waals surface area (Å²) in [6.45, 7) is 10.3. The third-order valence-electron chi connectivity index (χ3n) is 5.53. The summed E-state index contributed by atoms with van der Waals surface area (Å²) in [4.78, 5) is 28.1. The van der Waals surface area contributed by atoms with Crippen LogP contribution in [-0.4, -0.2) is 28.8 Å². The number of carbonyl (C=O) groups is 2. The van der Waals surface area contributed by atoms with Crippen LogP contribution in [0.4, 0.5) is 0 Å². The number of rotatable bonds is 9. The molecule has 2 atom stereocenters. The third kappa shape index (κ3) is 6.33. The van der Waals surface area contributed by atoms with Gasteiger partial charge in [0.1, 0.15) is 6.04 Å². The van der Waals surface area contributed by atoms with Crippen LogP contribution in [0.1, 0.15) is 55.9 Å². The lowest BCUT2D eigenvalue weighted by Gasteiger charge is -2.32. The molecule has 2 amide bonds. The molecule has 1 N–H and O–H groups in total. The van der Waals surface area contributed by atoms with Gasteiger partial charge in [0.25, 0.3) is 0 Å². The fourth-order valence-corrected chi connectivity index (χ4v) is 3.62. The summed E-state index contributed by atoms with van der Waals surface area (Å²) in [5.41, 5.74) is 4.01. The third-order valence-corrected chi connectivity index (χ3v) is 5.90. The van der Waals surface area contributed by atoms with E-state index in [4.69, 9.17) is 11.6 Å². The maximum atomic E-state index is 13.5. The van der Waals surface area contributed by atoms with E-state index in [9.17, 15) is 9.59 Å². The molecule has 4 nitrogen and oxygen atoms in total. The summed E-state index contributed by atoms with van der Waals surface area (Å²) < 4.78 is 0. The zero-order chi connectivity index (χ0) is 22.3. The number of nitrogens with one attached hydrogen (secondary N) is 1. The second-order valence-electron chi connectivity index (χ2n) is 7.96. The van der Waals surface area contributed by atoms with E-state index < -0.39 is 6.04 Å². The van der Waals surface area contributed by atoms with Crippen LogP contribution in [0, 0.1) is 13.8 Å². The van der Waals surface area contributed by atoms with Crippen molar-refractivity contribution in [2.45, 2.75) is 72.5 Å². The molecule has 0 fully saturated rings. The van der Waals surface area contributed by atoms with Gasteiger partial charge in [0, 0.05) is 17.6 Å². The van der Waals surface area contributed by atoms with E-state index in [1.165, 1.54) is 0 Å². The van der Waals surface area contributed by atoms with Gasteiger partial charge in [-0.1, -0.05) is 67.4 Å². The number of halogens is 1. The molecule has 0 saturated heterocycles. The molecule has 0 bridgehead atoms. The molecule has 2 rings (SSSR count). The Balaban J connectivity index is 2.35. The van der Waals surface area contributed by atoms with E-state index in [1.807, 2.05) is 77.1 Å². The van der Waals surface area contributed by atoms with Gasteiger partial charge in [-0.25, -0.2) is 0 Å². The Hall–Kier alpha value is -2.33. The minimum Gasteiger partial charge on any atom is -0.352 e. The van der Waals surface area contributed by atoms with Crippen LogP contribution < -0.4 is 5.32 Å². The van der Waals surface area contributed by atoms with Crippen molar-refractivity contribution in [3.63, 3.8) is 0 Å². The molecule has 0 aromatic heterocycles. The van der Waals surface area contributed by atoms with Gasteiger partial charge in [-0.15, -0.1) is 0 Å². The average Bonchev–Trinajstić information content (AvgIpc) is 2.71. The number of amides is 2. The van der Waals surface area contributed by atoms with Gasteiger partial charge >= 0.3 is 0 Å². The maximum absolute atomic E-state index is 13.5. The summed E-state index contributed by atoms with van der Waals surface area (Å²) in [6.07, 6.45) is 1.62. The Morgan fingerprint density at radius 1 is 1.03 bits per heavy atom. The normalized spacial score (nSPS) is 12.9. The summed E-state index contributed by atoms with van der Waals surface area (Å²) >= 11 is 6.37. The molecular weight excluding hydrogens is 396 g/mol. The van der Waals surface area contributed by atoms with Crippen LogP contribution in [0.3, 0.4) is 0 Å². The number of nitrogens with zero attached hydrogens (tertiary/aromatic N) is 1. The molecule has 0 spiro atoms. The highest BCUT2D eigenvalue weighted by molar-refractivity contribution is 6.31. The molecule has 162 valence electrons. The lowest BCUT2D eigenvalue weighted by Crippen LogP contribution is -2.51. The van der Waals surface area contributed by atoms with Gasteiger partial charge < -0.3 is 10.2 Å². The minimum absolute atomic E-state index is 0.0582. The van der Waals surface area contributed by atoms with Crippen LogP contribution in [0.15, 0.2) is 42.5 Å². The molecule has 2 aromatic rings. The second-order valence-corrected chi connectivity index (χ2v) is 8.37. The number of carbonyl (C=O) groups excluding carboxylic acids is 2. The molecule has 0 aliphatic heterocycles. The SMILES string of the molecule is CC[C@@H](C)NC(=O)[C@@H](CC)N(Cc1ccccc1Cl)C(=O)Cc1cc(C)ccc1C. The largest absolute Gasteiger partial charge is 0.352 e. The highest BCUT2D eigenvalue weighted by Crippen LogP contribution is 2.21. The maximum Gasteiger partial charge on any atom is 0.243 e. The van der Waals surface area contributed by atoms with Crippen molar-refractivity contribution in [3.05, 3.63) is 69.7 Å². The van der Waals surface area contributed by atoms with Crippen LogP contribution >= 0.6 is 11.6 Å². The fraction of sp³-hybridized carbons (Fsp3) is 0.440. The second kappa shape index (κ2) is 11.2. The number of benzene rings is 2. The Morgan fingerprint density at radius 2 is 1.73 bits per heavy atom. The zero-order valence-corrected chi connectivity index (χ0v) is 19.4. The molecule has 0 aliphatic carbocycles. The van der Waals surface area contributed by atoms with Crippen LogP contribution in [-0.2, 0) is 22.6 Å². The van der Waals surface area contributed by atoms with E-state index in [1.54, 1.807) is 4.90 Å². The Bertz CT molecular complexity index is 881. The lowest BCUT2D eigenvalue weighted by molar-refractivity contribution is -0.141. The molecule has 0 unspecified atom stereocenters. The smallest absolute Gasteiger partial charge is 0.243 e. The minimum atomic E-state index is -0.548.